The average Bonchev–Trinajstić information content (AvgIpc) is 2.75. The number of benzene rings is 1. The number of aryl methyl sites for hydroxylation is 2. The number of rotatable bonds is 4. The Morgan fingerprint density at radius 3 is 2.94 bits per heavy atom. The van der Waals surface area contributed by atoms with Crippen molar-refractivity contribution in [3.8, 4) is 0 Å². The molecule has 18 heavy (non-hydrogen) atoms. The molecule has 5 heteroatoms. The van der Waals surface area contributed by atoms with Crippen LogP contribution < -0.4 is 5.73 Å². The summed E-state index contributed by atoms with van der Waals surface area (Å²) in [7, 11) is 1.93. The van der Waals surface area contributed by atoms with Gasteiger partial charge in [0.25, 0.3) is 0 Å². The molecule has 96 valence electrons. The van der Waals surface area contributed by atoms with Crippen molar-refractivity contribution in [2.45, 2.75) is 18.9 Å². The molecule has 0 saturated heterocycles. The molecule has 0 aliphatic heterocycles. The van der Waals surface area contributed by atoms with Gasteiger partial charge in [-0.2, -0.15) is 0 Å². The Kier molecular flexibility index (Phi) is 3.99. The highest BCUT2D eigenvalue weighted by atomic mass is 35.5. The van der Waals surface area contributed by atoms with E-state index in [9.17, 15) is 4.39 Å². The van der Waals surface area contributed by atoms with E-state index in [0.29, 0.717) is 12.0 Å². The third kappa shape index (κ3) is 2.71. The molecule has 1 aromatic carbocycles. The average molecular weight is 268 g/mol. The lowest BCUT2D eigenvalue weighted by atomic mass is 10.0. The van der Waals surface area contributed by atoms with Gasteiger partial charge in [0.15, 0.2) is 0 Å². The van der Waals surface area contributed by atoms with Crippen molar-refractivity contribution in [2.24, 2.45) is 12.8 Å². The van der Waals surface area contributed by atoms with Gasteiger partial charge in [-0.1, -0.05) is 23.7 Å². The second-order valence-corrected chi connectivity index (χ2v) is 4.62. The summed E-state index contributed by atoms with van der Waals surface area (Å²) in [6, 6.07) is 4.42. The number of hydrogen-bond donors (Lipinski definition) is 1. The molecular weight excluding hydrogens is 253 g/mol. The normalized spacial score (nSPS) is 12.7. The molecule has 0 fully saturated rings. The lowest BCUT2D eigenvalue weighted by molar-refractivity contribution is 0.599. The maximum atomic E-state index is 13.3. The first-order chi connectivity index (χ1) is 8.59. The highest BCUT2D eigenvalue weighted by Crippen LogP contribution is 2.26. The van der Waals surface area contributed by atoms with Crippen LogP contribution in [0.2, 0.25) is 5.02 Å². The molecule has 0 bridgehead atoms. The summed E-state index contributed by atoms with van der Waals surface area (Å²) < 4.78 is 15.3. The van der Waals surface area contributed by atoms with Crippen LogP contribution in [0.1, 0.15) is 23.9 Å². The van der Waals surface area contributed by atoms with Gasteiger partial charge in [-0.05, 0) is 18.1 Å². The molecule has 2 rings (SSSR count). The van der Waals surface area contributed by atoms with Crippen LogP contribution in [0, 0.1) is 5.82 Å². The molecule has 0 aliphatic rings. The van der Waals surface area contributed by atoms with Crippen LogP contribution in [0.4, 0.5) is 4.39 Å². The molecule has 0 spiro atoms. The standard InChI is InChI=1S/C13H15ClFN3/c1-18-8-7-17-12(18)6-5-11(16)9-3-2-4-10(15)13(9)14/h2-4,7-8,11H,5-6,16H2,1H3. The Morgan fingerprint density at radius 2 is 2.28 bits per heavy atom. The van der Waals surface area contributed by atoms with Gasteiger partial charge >= 0.3 is 0 Å². The molecule has 2 aromatic rings. The lowest BCUT2D eigenvalue weighted by Crippen LogP contribution is -2.13. The molecule has 1 heterocycles. The minimum atomic E-state index is -0.429. The summed E-state index contributed by atoms with van der Waals surface area (Å²) in [5, 5.41) is 0.116. The number of nitrogens with two attached hydrogens (primary N) is 1. The van der Waals surface area contributed by atoms with Gasteiger partial charge in [0.05, 0.1) is 5.02 Å². The topological polar surface area (TPSA) is 43.8 Å². The Hall–Kier alpha value is -1.39. The zero-order valence-corrected chi connectivity index (χ0v) is 10.9. The van der Waals surface area contributed by atoms with Crippen LogP contribution in [0.3, 0.4) is 0 Å². The zero-order chi connectivity index (χ0) is 13.1. The van der Waals surface area contributed by atoms with Crippen LogP contribution in [-0.2, 0) is 13.5 Å². The number of hydrogen-bond acceptors (Lipinski definition) is 2. The molecule has 0 aliphatic carbocycles. The maximum Gasteiger partial charge on any atom is 0.142 e. The SMILES string of the molecule is Cn1ccnc1CCC(N)c1cccc(F)c1Cl. The predicted octanol–water partition coefficient (Wildman–Crippen LogP) is 2.85. The molecule has 0 radical (unpaired) electrons. The molecule has 3 nitrogen and oxygen atoms in total. The molecule has 0 amide bonds. The number of imidazole rings is 1. The summed E-state index contributed by atoms with van der Waals surface area (Å²) in [5.74, 6) is 0.527. The first-order valence-electron chi connectivity index (χ1n) is 5.75. The van der Waals surface area contributed by atoms with Gasteiger partial charge in [0.2, 0.25) is 0 Å². The van der Waals surface area contributed by atoms with Crippen molar-refractivity contribution < 1.29 is 4.39 Å². The fraction of sp³-hybridized carbons (Fsp3) is 0.308. The molecule has 0 saturated carbocycles. The van der Waals surface area contributed by atoms with Crippen molar-refractivity contribution in [1.29, 1.82) is 0 Å². The first-order valence-corrected chi connectivity index (χ1v) is 6.13. The summed E-state index contributed by atoms with van der Waals surface area (Å²) in [6.07, 6.45) is 5.04. The minimum absolute atomic E-state index is 0.116. The van der Waals surface area contributed by atoms with Crippen LogP contribution in [0.5, 0.6) is 0 Å². The number of aromatic nitrogens is 2. The second-order valence-electron chi connectivity index (χ2n) is 4.24. The monoisotopic (exact) mass is 267 g/mol. The maximum absolute atomic E-state index is 13.3. The Balaban J connectivity index is 2.06. The van der Waals surface area contributed by atoms with E-state index in [0.717, 1.165) is 12.2 Å². The smallest absolute Gasteiger partial charge is 0.142 e. The van der Waals surface area contributed by atoms with Crippen molar-refractivity contribution >= 4 is 11.6 Å². The molecular formula is C13H15ClFN3. The van der Waals surface area contributed by atoms with Gasteiger partial charge in [0.1, 0.15) is 11.6 Å². The van der Waals surface area contributed by atoms with Crippen LogP contribution in [-0.4, -0.2) is 9.55 Å². The molecule has 1 unspecified atom stereocenters. The number of halogens is 2. The van der Waals surface area contributed by atoms with Crippen molar-refractivity contribution in [3.63, 3.8) is 0 Å². The van der Waals surface area contributed by atoms with Crippen molar-refractivity contribution in [2.75, 3.05) is 0 Å². The van der Waals surface area contributed by atoms with E-state index >= 15 is 0 Å². The fourth-order valence-corrected chi connectivity index (χ4v) is 2.15. The van der Waals surface area contributed by atoms with E-state index in [-0.39, 0.29) is 11.1 Å². The van der Waals surface area contributed by atoms with Crippen LogP contribution >= 0.6 is 11.6 Å². The third-order valence-electron chi connectivity index (χ3n) is 2.98. The summed E-state index contributed by atoms with van der Waals surface area (Å²) >= 11 is 5.90. The highest BCUT2D eigenvalue weighted by Gasteiger charge is 2.13. The summed E-state index contributed by atoms with van der Waals surface area (Å²) in [5.41, 5.74) is 6.69. The van der Waals surface area contributed by atoms with Crippen LogP contribution in [0.25, 0.3) is 0 Å². The van der Waals surface area contributed by atoms with Gasteiger partial charge < -0.3 is 10.3 Å². The van der Waals surface area contributed by atoms with Gasteiger partial charge in [-0.25, -0.2) is 9.37 Å². The summed E-state index contributed by atoms with van der Waals surface area (Å²) in [4.78, 5) is 4.22. The van der Waals surface area contributed by atoms with E-state index in [1.807, 2.05) is 17.8 Å². The quantitative estimate of drug-likeness (QED) is 0.926. The van der Waals surface area contributed by atoms with E-state index < -0.39 is 5.82 Å². The van der Waals surface area contributed by atoms with Crippen LogP contribution in [0.15, 0.2) is 30.6 Å². The minimum Gasteiger partial charge on any atom is -0.338 e. The predicted molar refractivity (Wildman–Crippen MR) is 69.9 cm³/mol. The zero-order valence-electron chi connectivity index (χ0n) is 10.1. The van der Waals surface area contributed by atoms with Gasteiger partial charge in [-0.3, -0.25) is 0 Å². The third-order valence-corrected chi connectivity index (χ3v) is 3.38. The van der Waals surface area contributed by atoms with Crippen molar-refractivity contribution in [3.05, 3.63) is 52.8 Å². The lowest BCUT2D eigenvalue weighted by Gasteiger charge is -2.13. The second kappa shape index (κ2) is 5.50. The van der Waals surface area contributed by atoms with E-state index in [4.69, 9.17) is 17.3 Å². The Labute approximate surface area is 110 Å². The summed E-state index contributed by atoms with van der Waals surface area (Å²) in [6.45, 7) is 0. The molecule has 1 atom stereocenters. The Bertz CT molecular complexity index is 539. The largest absolute Gasteiger partial charge is 0.338 e. The van der Waals surface area contributed by atoms with E-state index in [1.54, 1.807) is 18.3 Å². The number of nitrogens with zero attached hydrogens (tertiary/aromatic N) is 2. The first kappa shape index (κ1) is 13.1. The molecule has 2 N–H and O–H groups in total. The Morgan fingerprint density at radius 1 is 1.50 bits per heavy atom. The van der Waals surface area contributed by atoms with Crippen molar-refractivity contribution in [1.82, 2.24) is 9.55 Å². The van der Waals surface area contributed by atoms with E-state index in [2.05, 4.69) is 4.98 Å². The van der Waals surface area contributed by atoms with Gasteiger partial charge in [0, 0.05) is 31.9 Å². The highest BCUT2D eigenvalue weighted by molar-refractivity contribution is 6.31. The fourth-order valence-electron chi connectivity index (χ4n) is 1.88. The molecule has 1 aromatic heterocycles. The van der Waals surface area contributed by atoms with E-state index in [1.165, 1.54) is 6.07 Å². The van der Waals surface area contributed by atoms with Gasteiger partial charge in [-0.15, -0.1) is 0 Å².